The Morgan fingerprint density at radius 3 is 2.63 bits per heavy atom. The second-order valence-electron chi connectivity index (χ2n) is 7.35. The van der Waals surface area contributed by atoms with Crippen LogP contribution in [0.15, 0.2) is 72.3 Å². The zero-order valence-electron chi connectivity index (χ0n) is 15.2. The lowest BCUT2D eigenvalue weighted by Crippen LogP contribution is -2.07. The summed E-state index contributed by atoms with van der Waals surface area (Å²) in [6.45, 7) is 0.485. The van der Waals surface area contributed by atoms with Crippen LogP contribution in [0.2, 0.25) is 0 Å². The average Bonchev–Trinajstić information content (AvgIpc) is 2.72. The topological polar surface area (TPSA) is 9.23 Å². The van der Waals surface area contributed by atoms with Crippen molar-refractivity contribution in [2.75, 3.05) is 0 Å². The van der Waals surface area contributed by atoms with Crippen LogP contribution in [-0.4, -0.2) is 0 Å². The van der Waals surface area contributed by atoms with Crippen LogP contribution in [0.25, 0.3) is 16.3 Å². The molecule has 0 N–H and O–H groups in total. The van der Waals surface area contributed by atoms with Crippen LogP contribution in [0.4, 0.5) is 4.39 Å². The Morgan fingerprint density at radius 2 is 1.74 bits per heavy atom. The van der Waals surface area contributed by atoms with Crippen LogP contribution in [0, 0.1) is 5.82 Å². The molecule has 0 aromatic heterocycles. The Kier molecular flexibility index (Phi) is 4.05. The maximum Gasteiger partial charge on any atom is 0.123 e. The van der Waals surface area contributed by atoms with Gasteiger partial charge in [-0.2, -0.15) is 0 Å². The van der Waals surface area contributed by atoms with Crippen LogP contribution in [0.3, 0.4) is 0 Å². The summed E-state index contributed by atoms with van der Waals surface area (Å²) >= 11 is 0. The molecule has 2 aliphatic carbocycles. The highest BCUT2D eigenvalue weighted by Crippen LogP contribution is 2.40. The van der Waals surface area contributed by atoms with Gasteiger partial charge in [0.1, 0.15) is 18.2 Å². The van der Waals surface area contributed by atoms with Crippen molar-refractivity contribution in [3.8, 4) is 5.75 Å². The minimum absolute atomic E-state index is 0.245. The highest BCUT2D eigenvalue weighted by Gasteiger charge is 2.20. The molecule has 3 aromatic carbocycles. The van der Waals surface area contributed by atoms with Crippen LogP contribution in [0.1, 0.15) is 36.0 Å². The first-order valence-corrected chi connectivity index (χ1v) is 9.60. The van der Waals surface area contributed by atoms with Gasteiger partial charge in [-0.3, -0.25) is 0 Å². The standard InChI is InChI=1S/C25H21FO/c26-20-9-11-21(12-10-20)27-16-17-5-6-19-8-13-23-22-4-2-1-3-18(22)7-14-24(23)25(19)15-17/h2,4-6,8-13,15H,1,3,7,14,16H2. The van der Waals surface area contributed by atoms with Gasteiger partial charge in [0.25, 0.3) is 0 Å². The number of halogens is 1. The fraction of sp³-hybridized carbons (Fsp3) is 0.200. The molecular weight excluding hydrogens is 335 g/mol. The molecule has 0 atom stereocenters. The van der Waals surface area contributed by atoms with E-state index >= 15 is 0 Å². The Bertz CT molecular complexity index is 1070. The second-order valence-corrected chi connectivity index (χ2v) is 7.35. The average molecular weight is 356 g/mol. The maximum atomic E-state index is 13.0. The van der Waals surface area contributed by atoms with Gasteiger partial charge in [-0.15, -0.1) is 0 Å². The summed E-state index contributed by atoms with van der Waals surface area (Å²) in [5.41, 5.74) is 7.05. The normalized spacial score (nSPS) is 15.6. The second kappa shape index (κ2) is 6.70. The Balaban J connectivity index is 1.49. The minimum Gasteiger partial charge on any atom is -0.489 e. The Hall–Kier alpha value is -2.87. The smallest absolute Gasteiger partial charge is 0.123 e. The van der Waals surface area contributed by atoms with Crippen molar-refractivity contribution in [1.82, 2.24) is 0 Å². The van der Waals surface area contributed by atoms with E-state index in [1.165, 1.54) is 58.9 Å². The zero-order chi connectivity index (χ0) is 18.2. The maximum absolute atomic E-state index is 13.0. The van der Waals surface area contributed by atoms with E-state index in [1.807, 2.05) is 0 Å². The third kappa shape index (κ3) is 3.06. The van der Waals surface area contributed by atoms with E-state index in [0.29, 0.717) is 12.4 Å². The van der Waals surface area contributed by atoms with E-state index in [1.54, 1.807) is 17.7 Å². The summed E-state index contributed by atoms with van der Waals surface area (Å²) in [4.78, 5) is 0. The molecule has 3 aromatic rings. The van der Waals surface area contributed by atoms with Gasteiger partial charge < -0.3 is 4.74 Å². The summed E-state index contributed by atoms with van der Waals surface area (Å²) in [5.74, 6) is 0.443. The lowest BCUT2D eigenvalue weighted by molar-refractivity contribution is 0.306. The van der Waals surface area contributed by atoms with E-state index in [0.717, 1.165) is 12.0 Å². The fourth-order valence-corrected chi connectivity index (χ4v) is 4.26. The summed E-state index contributed by atoms with van der Waals surface area (Å²) < 4.78 is 18.9. The van der Waals surface area contributed by atoms with Crippen LogP contribution < -0.4 is 4.74 Å². The molecule has 0 radical (unpaired) electrons. The van der Waals surface area contributed by atoms with Crippen molar-refractivity contribution in [3.05, 3.63) is 94.8 Å². The molecule has 2 aliphatic rings. The highest BCUT2D eigenvalue weighted by molar-refractivity contribution is 5.94. The number of benzene rings is 3. The first kappa shape index (κ1) is 16.3. The van der Waals surface area contributed by atoms with Gasteiger partial charge in [0, 0.05) is 0 Å². The molecule has 0 amide bonds. The van der Waals surface area contributed by atoms with Gasteiger partial charge >= 0.3 is 0 Å². The highest BCUT2D eigenvalue weighted by atomic mass is 19.1. The lowest BCUT2D eigenvalue weighted by Gasteiger charge is -2.25. The molecule has 134 valence electrons. The first-order chi connectivity index (χ1) is 13.3. The monoisotopic (exact) mass is 356 g/mol. The molecule has 0 spiro atoms. The number of hydrogen-bond acceptors (Lipinski definition) is 1. The van der Waals surface area contributed by atoms with E-state index in [9.17, 15) is 4.39 Å². The van der Waals surface area contributed by atoms with Crippen molar-refractivity contribution >= 4 is 16.3 Å². The molecule has 5 rings (SSSR count). The lowest BCUT2D eigenvalue weighted by atomic mass is 9.79. The summed E-state index contributed by atoms with van der Waals surface area (Å²) in [6, 6.07) is 17.3. The first-order valence-electron chi connectivity index (χ1n) is 9.60. The predicted molar refractivity (Wildman–Crippen MR) is 108 cm³/mol. The quantitative estimate of drug-likeness (QED) is 0.513. The van der Waals surface area contributed by atoms with Crippen molar-refractivity contribution in [2.24, 2.45) is 0 Å². The molecule has 0 unspecified atom stereocenters. The molecular formula is C25H21FO. The Morgan fingerprint density at radius 1 is 0.889 bits per heavy atom. The summed E-state index contributed by atoms with van der Waals surface area (Å²) in [7, 11) is 0. The van der Waals surface area contributed by atoms with E-state index in [2.05, 4.69) is 42.5 Å². The minimum atomic E-state index is -0.245. The van der Waals surface area contributed by atoms with E-state index in [4.69, 9.17) is 4.74 Å². The van der Waals surface area contributed by atoms with Crippen LogP contribution in [-0.2, 0) is 13.0 Å². The summed E-state index contributed by atoms with van der Waals surface area (Å²) in [5, 5.41) is 2.61. The van der Waals surface area contributed by atoms with Gasteiger partial charge in [-0.25, -0.2) is 4.39 Å². The number of allylic oxidation sites excluding steroid dienone is 4. The fourth-order valence-electron chi connectivity index (χ4n) is 4.26. The molecule has 2 heteroatoms. The predicted octanol–water partition coefficient (Wildman–Crippen LogP) is 6.61. The van der Waals surface area contributed by atoms with Crippen LogP contribution >= 0.6 is 0 Å². The van der Waals surface area contributed by atoms with Crippen LogP contribution in [0.5, 0.6) is 5.75 Å². The van der Waals surface area contributed by atoms with E-state index in [-0.39, 0.29) is 5.82 Å². The SMILES string of the molecule is Fc1ccc(OCc2ccc3ccc4c(c3c2)CCC2=C4C=CCC2)cc1. The van der Waals surface area contributed by atoms with Crippen molar-refractivity contribution in [2.45, 2.75) is 32.3 Å². The summed E-state index contributed by atoms with van der Waals surface area (Å²) in [6.07, 6.45) is 9.26. The van der Waals surface area contributed by atoms with Gasteiger partial charge in [-0.05, 0) is 89.1 Å². The molecule has 0 aliphatic heterocycles. The van der Waals surface area contributed by atoms with E-state index < -0.39 is 0 Å². The van der Waals surface area contributed by atoms with Crippen molar-refractivity contribution in [1.29, 1.82) is 0 Å². The van der Waals surface area contributed by atoms with Gasteiger partial charge in [0.15, 0.2) is 0 Å². The third-order valence-electron chi connectivity index (χ3n) is 5.66. The van der Waals surface area contributed by atoms with Gasteiger partial charge in [0.05, 0.1) is 0 Å². The molecule has 0 heterocycles. The molecule has 1 nitrogen and oxygen atoms in total. The number of fused-ring (bicyclic) bond motifs is 4. The van der Waals surface area contributed by atoms with Crippen molar-refractivity contribution < 1.29 is 9.13 Å². The third-order valence-corrected chi connectivity index (χ3v) is 5.66. The largest absolute Gasteiger partial charge is 0.489 e. The molecule has 0 bridgehead atoms. The molecule has 0 saturated heterocycles. The zero-order valence-corrected chi connectivity index (χ0v) is 15.2. The molecule has 0 saturated carbocycles. The number of rotatable bonds is 3. The number of hydrogen-bond donors (Lipinski definition) is 0. The van der Waals surface area contributed by atoms with Crippen molar-refractivity contribution in [3.63, 3.8) is 0 Å². The molecule has 0 fully saturated rings. The number of aryl methyl sites for hydroxylation is 1. The Labute approximate surface area is 158 Å². The molecule has 27 heavy (non-hydrogen) atoms. The number of ether oxygens (including phenoxy) is 1. The van der Waals surface area contributed by atoms with Gasteiger partial charge in [0.2, 0.25) is 0 Å². The van der Waals surface area contributed by atoms with Gasteiger partial charge in [-0.1, -0.05) is 42.0 Å².